The summed E-state index contributed by atoms with van der Waals surface area (Å²) in [5, 5.41) is 0. The van der Waals surface area contributed by atoms with Crippen LogP contribution in [0.2, 0.25) is 0 Å². The van der Waals surface area contributed by atoms with Gasteiger partial charge >= 0.3 is 5.97 Å². The normalized spacial score (nSPS) is 11.0. The minimum Gasteiger partial charge on any atom is -0.496 e. The number of ether oxygens (including phenoxy) is 2. The van der Waals surface area contributed by atoms with Gasteiger partial charge in [0, 0.05) is 0 Å². The van der Waals surface area contributed by atoms with Crippen LogP contribution in [0.15, 0.2) is 49.0 Å². The number of carbonyl (C=O) groups is 1. The molecule has 0 aliphatic carbocycles. The molecular formula is C19H19FO3. The van der Waals surface area contributed by atoms with Crippen molar-refractivity contribution in [3.8, 4) is 5.75 Å². The van der Waals surface area contributed by atoms with E-state index in [1.54, 1.807) is 50.3 Å². The van der Waals surface area contributed by atoms with E-state index >= 15 is 0 Å². The molecule has 120 valence electrons. The molecule has 0 aromatic heterocycles. The van der Waals surface area contributed by atoms with Gasteiger partial charge in [-0.25, -0.2) is 9.18 Å². The first-order valence-corrected chi connectivity index (χ1v) is 7.17. The molecule has 0 bridgehead atoms. The predicted octanol–water partition coefficient (Wildman–Crippen LogP) is 4.57. The Balaban J connectivity index is 2.30. The number of esters is 1. The van der Waals surface area contributed by atoms with Gasteiger partial charge in [-0.2, -0.15) is 0 Å². The Labute approximate surface area is 135 Å². The van der Waals surface area contributed by atoms with Gasteiger partial charge in [0.25, 0.3) is 0 Å². The highest BCUT2D eigenvalue weighted by Crippen LogP contribution is 2.29. The molecule has 0 atom stereocenters. The van der Waals surface area contributed by atoms with Crippen LogP contribution >= 0.6 is 0 Å². The Kier molecular flexibility index (Phi) is 4.84. The second-order valence-electron chi connectivity index (χ2n) is 5.57. The van der Waals surface area contributed by atoms with Gasteiger partial charge in [-0.05, 0) is 49.2 Å². The fraction of sp³-hybridized carbons (Fsp3) is 0.211. The van der Waals surface area contributed by atoms with Crippen LogP contribution < -0.4 is 4.74 Å². The summed E-state index contributed by atoms with van der Waals surface area (Å²) in [6.07, 6.45) is 1.64. The minimum absolute atomic E-state index is 0.320. The van der Waals surface area contributed by atoms with Crippen molar-refractivity contribution >= 4 is 12.0 Å². The molecule has 0 saturated carbocycles. The fourth-order valence-electron chi connectivity index (χ4n) is 2.21. The molecule has 0 N–H and O–H groups in total. The molecule has 3 nitrogen and oxygen atoms in total. The van der Waals surface area contributed by atoms with Crippen LogP contribution in [0.1, 0.15) is 35.3 Å². The molecule has 0 aliphatic heterocycles. The van der Waals surface area contributed by atoms with E-state index in [1.807, 2.05) is 0 Å². The molecule has 0 fully saturated rings. The standard InChI is InChI=1S/C19H19FO3/c1-5-13-6-11-17(22-4)16(12-13)18(21)23-19(2,3)14-7-9-15(20)10-8-14/h5-12H,1H2,2-4H3. The van der Waals surface area contributed by atoms with Gasteiger partial charge < -0.3 is 9.47 Å². The largest absolute Gasteiger partial charge is 0.496 e. The summed E-state index contributed by atoms with van der Waals surface area (Å²) in [6.45, 7) is 7.19. The SMILES string of the molecule is C=Cc1ccc(OC)c(C(=O)OC(C)(C)c2ccc(F)cc2)c1. The van der Waals surface area contributed by atoms with Gasteiger partial charge in [-0.3, -0.25) is 0 Å². The van der Waals surface area contributed by atoms with E-state index in [1.165, 1.54) is 19.2 Å². The average molecular weight is 314 g/mol. The van der Waals surface area contributed by atoms with Gasteiger partial charge in [-0.15, -0.1) is 0 Å². The Morgan fingerprint density at radius 1 is 1.17 bits per heavy atom. The van der Waals surface area contributed by atoms with Crippen LogP contribution in [0.3, 0.4) is 0 Å². The van der Waals surface area contributed by atoms with Crippen molar-refractivity contribution in [3.05, 3.63) is 71.6 Å². The molecule has 0 saturated heterocycles. The maximum absolute atomic E-state index is 13.1. The van der Waals surface area contributed by atoms with Crippen LogP contribution in [0.25, 0.3) is 6.08 Å². The summed E-state index contributed by atoms with van der Waals surface area (Å²) in [4.78, 5) is 12.5. The Morgan fingerprint density at radius 2 is 1.83 bits per heavy atom. The number of carbonyl (C=O) groups excluding carboxylic acids is 1. The average Bonchev–Trinajstić information content (AvgIpc) is 2.54. The molecule has 0 radical (unpaired) electrons. The quantitative estimate of drug-likeness (QED) is 0.758. The molecule has 2 aromatic rings. The number of hydrogen-bond donors (Lipinski definition) is 0. The molecular weight excluding hydrogens is 295 g/mol. The molecule has 2 aromatic carbocycles. The monoisotopic (exact) mass is 314 g/mol. The lowest BCUT2D eigenvalue weighted by atomic mass is 9.98. The van der Waals surface area contributed by atoms with Crippen molar-refractivity contribution in [2.45, 2.75) is 19.4 Å². The van der Waals surface area contributed by atoms with E-state index in [-0.39, 0.29) is 5.82 Å². The molecule has 23 heavy (non-hydrogen) atoms. The van der Waals surface area contributed by atoms with Crippen molar-refractivity contribution in [2.75, 3.05) is 7.11 Å². The molecule has 2 rings (SSSR count). The van der Waals surface area contributed by atoms with Crippen LogP contribution in [-0.4, -0.2) is 13.1 Å². The Morgan fingerprint density at radius 3 is 2.39 bits per heavy atom. The second kappa shape index (κ2) is 6.65. The molecule has 0 unspecified atom stereocenters. The molecule has 0 amide bonds. The summed E-state index contributed by atoms with van der Waals surface area (Å²) >= 11 is 0. The summed E-state index contributed by atoms with van der Waals surface area (Å²) < 4.78 is 23.9. The van der Waals surface area contributed by atoms with Crippen molar-refractivity contribution in [1.29, 1.82) is 0 Å². The highest BCUT2D eigenvalue weighted by molar-refractivity contribution is 5.93. The van der Waals surface area contributed by atoms with Crippen LogP contribution in [-0.2, 0) is 10.3 Å². The maximum atomic E-state index is 13.1. The third-order valence-electron chi connectivity index (χ3n) is 3.57. The number of hydrogen-bond acceptors (Lipinski definition) is 3. The number of benzene rings is 2. The smallest absolute Gasteiger partial charge is 0.342 e. The Bertz CT molecular complexity index is 718. The van der Waals surface area contributed by atoms with E-state index in [2.05, 4.69) is 6.58 Å². The molecule has 4 heteroatoms. The first-order chi connectivity index (χ1) is 10.9. The fourth-order valence-corrected chi connectivity index (χ4v) is 2.21. The highest BCUT2D eigenvalue weighted by atomic mass is 19.1. The van der Waals surface area contributed by atoms with Gasteiger partial charge in [0.2, 0.25) is 0 Å². The first kappa shape index (κ1) is 16.7. The third kappa shape index (κ3) is 3.77. The summed E-state index contributed by atoms with van der Waals surface area (Å²) in [6, 6.07) is 11.0. The van der Waals surface area contributed by atoms with Gasteiger partial charge in [0.1, 0.15) is 22.7 Å². The van der Waals surface area contributed by atoms with Crippen molar-refractivity contribution in [2.24, 2.45) is 0 Å². The molecule has 0 aliphatic rings. The number of halogens is 1. The van der Waals surface area contributed by atoms with Gasteiger partial charge in [0.05, 0.1) is 7.11 Å². The number of methoxy groups -OCH3 is 1. The van der Waals surface area contributed by atoms with Crippen LogP contribution in [0.4, 0.5) is 4.39 Å². The zero-order valence-corrected chi connectivity index (χ0v) is 13.4. The van der Waals surface area contributed by atoms with Crippen molar-refractivity contribution in [1.82, 2.24) is 0 Å². The summed E-state index contributed by atoms with van der Waals surface area (Å²) in [7, 11) is 1.49. The summed E-state index contributed by atoms with van der Waals surface area (Å²) in [5.74, 6) is -0.424. The van der Waals surface area contributed by atoms with E-state index in [9.17, 15) is 9.18 Å². The lowest BCUT2D eigenvalue weighted by molar-refractivity contribution is -0.00343. The second-order valence-corrected chi connectivity index (χ2v) is 5.57. The van der Waals surface area contributed by atoms with Crippen molar-refractivity contribution < 1.29 is 18.7 Å². The molecule has 0 heterocycles. The topological polar surface area (TPSA) is 35.5 Å². The number of rotatable bonds is 5. The first-order valence-electron chi connectivity index (χ1n) is 7.17. The van der Waals surface area contributed by atoms with E-state index in [0.29, 0.717) is 16.9 Å². The van der Waals surface area contributed by atoms with Crippen LogP contribution in [0, 0.1) is 5.82 Å². The highest BCUT2D eigenvalue weighted by Gasteiger charge is 2.27. The van der Waals surface area contributed by atoms with Crippen LogP contribution in [0.5, 0.6) is 5.75 Å². The van der Waals surface area contributed by atoms with E-state index in [4.69, 9.17) is 9.47 Å². The van der Waals surface area contributed by atoms with E-state index < -0.39 is 11.6 Å². The lowest BCUT2D eigenvalue weighted by Gasteiger charge is -2.26. The molecule has 0 spiro atoms. The predicted molar refractivity (Wildman–Crippen MR) is 87.9 cm³/mol. The minimum atomic E-state index is -0.903. The Hall–Kier alpha value is -2.62. The third-order valence-corrected chi connectivity index (χ3v) is 3.57. The zero-order valence-electron chi connectivity index (χ0n) is 13.4. The van der Waals surface area contributed by atoms with E-state index in [0.717, 1.165) is 5.56 Å². The maximum Gasteiger partial charge on any atom is 0.342 e. The van der Waals surface area contributed by atoms with Gasteiger partial charge in [-0.1, -0.05) is 30.9 Å². The zero-order chi connectivity index (χ0) is 17.0. The van der Waals surface area contributed by atoms with Crippen molar-refractivity contribution in [3.63, 3.8) is 0 Å². The lowest BCUT2D eigenvalue weighted by Crippen LogP contribution is -2.26. The van der Waals surface area contributed by atoms with Gasteiger partial charge in [0.15, 0.2) is 0 Å². The summed E-state index contributed by atoms with van der Waals surface area (Å²) in [5.41, 5.74) is 0.906.